The first kappa shape index (κ1) is 15.4. The number of likely N-dealkylation sites (tertiary alicyclic amines) is 1. The summed E-state index contributed by atoms with van der Waals surface area (Å²) in [7, 11) is 1.46. The predicted molar refractivity (Wildman–Crippen MR) is 73.5 cm³/mol. The molecule has 1 saturated heterocycles. The largest absolute Gasteiger partial charge is 0.468 e. The molecule has 0 saturated carbocycles. The van der Waals surface area contributed by atoms with E-state index in [2.05, 4.69) is 24.1 Å². The highest BCUT2D eigenvalue weighted by molar-refractivity contribution is 5.75. The number of nitrogens with zero attached hydrogens (tertiary/aromatic N) is 1. The minimum Gasteiger partial charge on any atom is -0.468 e. The zero-order valence-electron chi connectivity index (χ0n) is 12.2. The molecule has 0 bridgehead atoms. The summed E-state index contributed by atoms with van der Waals surface area (Å²) in [4.78, 5) is 14.1. The van der Waals surface area contributed by atoms with Crippen molar-refractivity contribution in [2.45, 2.75) is 52.1 Å². The molecule has 1 rings (SSSR count). The summed E-state index contributed by atoms with van der Waals surface area (Å²) in [6, 6.07) is 0.461. The molecule has 3 atom stereocenters. The normalized spacial score (nSPS) is 26.9. The number of rotatable bonds is 6. The number of piperidine rings is 1. The molecule has 0 aliphatic carbocycles. The van der Waals surface area contributed by atoms with Crippen molar-refractivity contribution < 1.29 is 9.53 Å². The van der Waals surface area contributed by atoms with E-state index in [9.17, 15) is 4.79 Å². The van der Waals surface area contributed by atoms with Gasteiger partial charge >= 0.3 is 5.97 Å². The predicted octanol–water partition coefficient (Wildman–Crippen LogP) is 1.65. The van der Waals surface area contributed by atoms with Gasteiger partial charge in [0.05, 0.1) is 7.11 Å². The van der Waals surface area contributed by atoms with Crippen molar-refractivity contribution in [1.29, 1.82) is 0 Å². The van der Waals surface area contributed by atoms with Crippen LogP contribution in [0, 0.1) is 5.92 Å². The Bertz CT molecular complexity index is 258. The first-order chi connectivity index (χ1) is 8.60. The number of nitrogens with one attached hydrogen (secondary N) is 1. The number of methoxy groups -OCH3 is 1. The van der Waals surface area contributed by atoms with E-state index in [-0.39, 0.29) is 12.0 Å². The standard InChI is InChI=1S/C14H28N2O2/c1-5-15-13(14(17)18-4)8-10-16-9-6-7-11(2)12(16)3/h11-13,15H,5-10H2,1-4H3. The zero-order valence-corrected chi connectivity index (χ0v) is 12.2. The molecular formula is C14H28N2O2. The van der Waals surface area contributed by atoms with Gasteiger partial charge in [-0.05, 0) is 45.2 Å². The highest BCUT2D eigenvalue weighted by atomic mass is 16.5. The van der Waals surface area contributed by atoms with Crippen LogP contribution in [0.3, 0.4) is 0 Å². The topological polar surface area (TPSA) is 41.6 Å². The van der Waals surface area contributed by atoms with Gasteiger partial charge in [-0.15, -0.1) is 0 Å². The van der Waals surface area contributed by atoms with E-state index in [1.807, 2.05) is 6.92 Å². The van der Waals surface area contributed by atoms with Crippen LogP contribution in [-0.2, 0) is 9.53 Å². The molecule has 0 radical (unpaired) electrons. The summed E-state index contributed by atoms with van der Waals surface area (Å²) in [5.74, 6) is 0.615. The lowest BCUT2D eigenvalue weighted by Crippen LogP contribution is -2.46. The fourth-order valence-corrected chi connectivity index (χ4v) is 2.72. The van der Waals surface area contributed by atoms with Gasteiger partial charge in [-0.25, -0.2) is 0 Å². The molecule has 1 aliphatic rings. The average molecular weight is 256 g/mol. The van der Waals surface area contributed by atoms with Crippen molar-refractivity contribution in [3.8, 4) is 0 Å². The van der Waals surface area contributed by atoms with E-state index in [0.717, 1.165) is 32.0 Å². The van der Waals surface area contributed by atoms with Gasteiger partial charge in [-0.1, -0.05) is 13.8 Å². The van der Waals surface area contributed by atoms with Crippen LogP contribution in [0.4, 0.5) is 0 Å². The number of likely N-dealkylation sites (N-methyl/N-ethyl adjacent to an activating group) is 1. The van der Waals surface area contributed by atoms with Crippen LogP contribution >= 0.6 is 0 Å². The summed E-state index contributed by atoms with van der Waals surface area (Å²) in [6.45, 7) is 9.56. The lowest BCUT2D eigenvalue weighted by atomic mass is 9.92. The zero-order chi connectivity index (χ0) is 13.5. The Morgan fingerprint density at radius 1 is 1.50 bits per heavy atom. The van der Waals surface area contributed by atoms with E-state index < -0.39 is 0 Å². The molecule has 0 amide bonds. The second kappa shape index (κ2) is 7.74. The Morgan fingerprint density at radius 2 is 2.22 bits per heavy atom. The summed E-state index contributed by atoms with van der Waals surface area (Å²) in [5, 5.41) is 3.20. The van der Waals surface area contributed by atoms with Gasteiger partial charge in [0, 0.05) is 12.6 Å². The third-order valence-corrected chi connectivity index (χ3v) is 4.15. The smallest absolute Gasteiger partial charge is 0.322 e. The van der Waals surface area contributed by atoms with Crippen LogP contribution in [0.2, 0.25) is 0 Å². The molecule has 1 N–H and O–H groups in total. The van der Waals surface area contributed by atoms with E-state index >= 15 is 0 Å². The quantitative estimate of drug-likeness (QED) is 0.734. The van der Waals surface area contributed by atoms with Crippen molar-refractivity contribution in [3.63, 3.8) is 0 Å². The molecular weight excluding hydrogens is 228 g/mol. The summed E-state index contributed by atoms with van der Waals surface area (Å²) in [6.07, 6.45) is 3.43. The maximum absolute atomic E-state index is 11.6. The van der Waals surface area contributed by atoms with Crippen LogP contribution < -0.4 is 5.32 Å². The second-order valence-corrected chi connectivity index (χ2v) is 5.32. The minimum atomic E-state index is -0.163. The Labute approximate surface area is 111 Å². The molecule has 0 spiro atoms. The molecule has 18 heavy (non-hydrogen) atoms. The number of carbonyl (C=O) groups is 1. The van der Waals surface area contributed by atoms with E-state index in [1.54, 1.807) is 0 Å². The van der Waals surface area contributed by atoms with Gasteiger partial charge in [-0.3, -0.25) is 4.79 Å². The molecule has 4 nitrogen and oxygen atoms in total. The van der Waals surface area contributed by atoms with Crippen molar-refractivity contribution in [3.05, 3.63) is 0 Å². The SMILES string of the molecule is CCNC(CCN1CCCC(C)C1C)C(=O)OC. The van der Waals surface area contributed by atoms with Crippen LogP contribution in [-0.4, -0.2) is 49.7 Å². The van der Waals surface area contributed by atoms with Gasteiger partial charge in [0.2, 0.25) is 0 Å². The van der Waals surface area contributed by atoms with Crippen LogP contribution in [0.15, 0.2) is 0 Å². The maximum atomic E-state index is 11.6. The van der Waals surface area contributed by atoms with Crippen molar-refractivity contribution >= 4 is 5.97 Å². The highest BCUT2D eigenvalue weighted by Crippen LogP contribution is 2.22. The third-order valence-electron chi connectivity index (χ3n) is 4.15. The number of hydrogen-bond acceptors (Lipinski definition) is 4. The Kier molecular flexibility index (Phi) is 6.65. The van der Waals surface area contributed by atoms with Gasteiger partial charge in [-0.2, -0.15) is 0 Å². The first-order valence-corrected chi connectivity index (χ1v) is 7.15. The number of esters is 1. The number of carbonyl (C=O) groups excluding carboxylic acids is 1. The van der Waals surface area contributed by atoms with Crippen LogP contribution in [0.5, 0.6) is 0 Å². The van der Waals surface area contributed by atoms with Crippen LogP contribution in [0.25, 0.3) is 0 Å². The highest BCUT2D eigenvalue weighted by Gasteiger charge is 2.26. The summed E-state index contributed by atoms with van der Waals surface area (Å²) < 4.78 is 4.83. The molecule has 4 heteroatoms. The lowest BCUT2D eigenvalue weighted by Gasteiger charge is -2.38. The van der Waals surface area contributed by atoms with Crippen molar-refractivity contribution in [2.24, 2.45) is 5.92 Å². The fourth-order valence-electron chi connectivity index (χ4n) is 2.72. The van der Waals surface area contributed by atoms with Gasteiger partial charge < -0.3 is 15.0 Å². The average Bonchev–Trinajstić information content (AvgIpc) is 2.38. The molecule has 1 fully saturated rings. The summed E-state index contributed by atoms with van der Waals surface area (Å²) >= 11 is 0. The number of ether oxygens (including phenoxy) is 1. The van der Waals surface area contributed by atoms with E-state index in [1.165, 1.54) is 20.0 Å². The van der Waals surface area contributed by atoms with Crippen molar-refractivity contribution in [1.82, 2.24) is 10.2 Å². The van der Waals surface area contributed by atoms with E-state index in [4.69, 9.17) is 4.74 Å². The van der Waals surface area contributed by atoms with Crippen molar-refractivity contribution in [2.75, 3.05) is 26.7 Å². The molecule has 0 aromatic heterocycles. The molecule has 106 valence electrons. The van der Waals surface area contributed by atoms with Crippen LogP contribution in [0.1, 0.15) is 40.0 Å². The van der Waals surface area contributed by atoms with E-state index in [0.29, 0.717) is 6.04 Å². The Hall–Kier alpha value is -0.610. The van der Waals surface area contributed by atoms with Gasteiger partial charge in [0.15, 0.2) is 0 Å². The fraction of sp³-hybridized carbons (Fsp3) is 0.929. The first-order valence-electron chi connectivity index (χ1n) is 7.15. The minimum absolute atomic E-state index is 0.144. The Balaban J connectivity index is 2.43. The number of hydrogen-bond donors (Lipinski definition) is 1. The monoisotopic (exact) mass is 256 g/mol. The van der Waals surface area contributed by atoms with Gasteiger partial charge in [0.25, 0.3) is 0 Å². The van der Waals surface area contributed by atoms with Gasteiger partial charge in [0.1, 0.15) is 6.04 Å². The molecule has 3 unspecified atom stereocenters. The molecule has 0 aromatic carbocycles. The maximum Gasteiger partial charge on any atom is 0.322 e. The third kappa shape index (κ3) is 4.25. The lowest BCUT2D eigenvalue weighted by molar-refractivity contribution is -0.143. The molecule has 1 heterocycles. The second-order valence-electron chi connectivity index (χ2n) is 5.32. The molecule has 0 aromatic rings. The Morgan fingerprint density at radius 3 is 2.83 bits per heavy atom. The summed E-state index contributed by atoms with van der Waals surface area (Å²) in [5.41, 5.74) is 0. The molecule has 1 aliphatic heterocycles.